The van der Waals surface area contributed by atoms with Crippen LogP contribution >= 0.6 is 0 Å². The minimum absolute atomic E-state index is 0.0595. The van der Waals surface area contributed by atoms with E-state index in [1.165, 1.54) is 33.0 Å². The normalized spacial score (nSPS) is 19.9. The Labute approximate surface area is 213 Å². The van der Waals surface area contributed by atoms with Crippen molar-refractivity contribution in [1.82, 2.24) is 5.32 Å². The molecule has 2 aliphatic rings. The van der Waals surface area contributed by atoms with E-state index in [0.717, 1.165) is 32.4 Å². The molecule has 1 unspecified atom stereocenters. The van der Waals surface area contributed by atoms with Crippen molar-refractivity contribution in [2.24, 2.45) is 4.99 Å². The zero-order valence-corrected chi connectivity index (χ0v) is 20.7. The predicted molar refractivity (Wildman–Crippen MR) is 145 cm³/mol. The number of nitrogens with one attached hydrogen (secondary N) is 1. The second-order valence-corrected chi connectivity index (χ2v) is 9.23. The molecule has 5 rings (SSSR count). The van der Waals surface area contributed by atoms with Crippen molar-refractivity contribution in [3.05, 3.63) is 107 Å². The van der Waals surface area contributed by atoms with Crippen LogP contribution in [0.1, 0.15) is 30.4 Å². The lowest BCUT2D eigenvalue weighted by Gasteiger charge is -2.29. The summed E-state index contributed by atoms with van der Waals surface area (Å²) in [6.45, 7) is 4.31. The number of piperidine rings is 1. The summed E-state index contributed by atoms with van der Waals surface area (Å²) in [5.74, 6) is 0.699. The van der Waals surface area contributed by atoms with Gasteiger partial charge >= 0.3 is 0 Å². The highest BCUT2D eigenvalue weighted by molar-refractivity contribution is 5.83. The highest BCUT2D eigenvalue weighted by Crippen LogP contribution is 2.25. The van der Waals surface area contributed by atoms with Gasteiger partial charge < -0.3 is 19.5 Å². The molecule has 0 spiro atoms. The summed E-state index contributed by atoms with van der Waals surface area (Å²) >= 11 is 0. The Kier molecular flexibility index (Phi) is 8.58. The van der Waals surface area contributed by atoms with Crippen LogP contribution in [-0.4, -0.2) is 38.6 Å². The van der Waals surface area contributed by atoms with E-state index in [1.54, 1.807) is 0 Å². The first-order valence-corrected chi connectivity index (χ1v) is 12.9. The van der Waals surface area contributed by atoms with Crippen molar-refractivity contribution in [3.63, 3.8) is 0 Å². The van der Waals surface area contributed by atoms with E-state index in [4.69, 9.17) is 14.2 Å². The number of benzene rings is 3. The Balaban J connectivity index is 1.09. The van der Waals surface area contributed by atoms with Crippen molar-refractivity contribution in [2.45, 2.75) is 38.6 Å². The summed E-state index contributed by atoms with van der Waals surface area (Å²) in [6.07, 6.45) is 6.75. The van der Waals surface area contributed by atoms with Gasteiger partial charge in [0, 0.05) is 19.2 Å². The van der Waals surface area contributed by atoms with Crippen LogP contribution in [0.15, 0.2) is 101 Å². The molecule has 0 bridgehead atoms. The van der Waals surface area contributed by atoms with Gasteiger partial charge in [-0.15, -0.1) is 0 Å². The lowest BCUT2D eigenvalue weighted by atomic mass is 9.94. The minimum atomic E-state index is 0.0595. The average Bonchev–Trinajstić information content (AvgIpc) is 2.95. The lowest BCUT2D eigenvalue weighted by Crippen LogP contribution is -2.38. The predicted octanol–water partition coefficient (Wildman–Crippen LogP) is 5.95. The second kappa shape index (κ2) is 12.6. The molecule has 1 fully saturated rings. The third-order valence-electron chi connectivity index (χ3n) is 6.61. The number of hydrogen-bond acceptors (Lipinski definition) is 5. The van der Waals surface area contributed by atoms with E-state index >= 15 is 0 Å². The number of aliphatic imine (C=N–C) groups is 1. The zero-order valence-electron chi connectivity index (χ0n) is 20.7. The van der Waals surface area contributed by atoms with E-state index < -0.39 is 0 Å². The Morgan fingerprint density at radius 2 is 1.72 bits per heavy atom. The van der Waals surface area contributed by atoms with E-state index in [1.807, 2.05) is 24.4 Å². The van der Waals surface area contributed by atoms with E-state index in [9.17, 15) is 0 Å². The molecule has 0 aliphatic carbocycles. The van der Waals surface area contributed by atoms with Gasteiger partial charge in [0.05, 0.1) is 32.5 Å². The summed E-state index contributed by atoms with van der Waals surface area (Å²) in [4.78, 5) is 4.58. The molecular weight excluding hydrogens is 448 g/mol. The van der Waals surface area contributed by atoms with Gasteiger partial charge in [-0.2, -0.15) is 0 Å². The summed E-state index contributed by atoms with van der Waals surface area (Å²) < 4.78 is 18.0. The van der Waals surface area contributed by atoms with E-state index in [-0.39, 0.29) is 6.10 Å². The summed E-state index contributed by atoms with van der Waals surface area (Å²) in [7, 11) is 0. The molecule has 2 aliphatic heterocycles. The smallest absolute Gasteiger partial charge is 0.209 e. The van der Waals surface area contributed by atoms with Crippen LogP contribution in [0.4, 0.5) is 0 Å². The first kappa shape index (κ1) is 24.4. The molecule has 3 aromatic carbocycles. The maximum atomic E-state index is 6.40. The van der Waals surface area contributed by atoms with Gasteiger partial charge in [-0.1, -0.05) is 66.7 Å². The molecule has 186 valence electrons. The molecular formula is C31H34N2O3. The van der Waals surface area contributed by atoms with Crippen LogP contribution in [0.5, 0.6) is 0 Å². The Morgan fingerprint density at radius 3 is 2.58 bits per heavy atom. The maximum Gasteiger partial charge on any atom is 0.209 e. The fourth-order valence-corrected chi connectivity index (χ4v) is 4.65. The zero-order chi connectivity index (χ0) is 24.4. The highest BCUT2D eigenvalue weighted by Gasteiger charge is 2.23. The molecule has 5 heteroatoms. The van der Waals surface area contributed by atoms with Gasteiger partial charge in [-0.25, -0.2) is 4.99 Å². The fourth-order valence-electron chi connectivity index (χ4n) is 4.65. The first-order valence-electron chi connectivity index (χ1n) is 12.9. The van der Waals surface area contributed by atoms with Gasteiger partial charge in [0.1, 0.15) is 0 Å². The largest absolute Gasteiger partial charge is 0.478 e. The number of rotatable bonds is 10. The van der Waals surface area contributed by atoms with Crippen molar-refractivity contribution < 1.29 is 14.2 Å². The Hall–Kier alpha value is -3.25. The molecule has 36 heavy (non-hydrogen) atoms. The number of fused-ring (bicyclic) bond motifs is 1. The molecule has 0 aromatic heterocycles. The molecule has 1 atom stereocenters. The first-order chi connectivity index (χ1) is 17.8. The molecule has 0 radical (unpaired) electrons. The molecule has 0 saturated carbocycles. The molecule has 1 saturated heterocycles. The summed E-state index contributed by atoms with van der Waals surface area (Å²) in [5, 5.41) is 5.98. The summed E-state index contributed by atoms with van der Waals surface area (Å²) in [5.41, 5.74) is 4.99. The van der Waals surface area contributed by atoms with Gasteiger partial charge in [0.25, 0.3) is 0 Å². The standard InChI is InChI=1S/C31H34N2O3/c1-2-7-24(8-3-1)22-34-17-6-18-35-31-14-13-28(20-33-31)29-15-16-32-21-30(29)36-23-25-11-12-26-9-4-5-10-27(26)19-25/h1-5,7-12,14,19-20,30,32H,6,13,15-18,21-23H2. The highest BCUT2D eigenvalue weighted by atomic mass is 16.5. The second-order valence-electron chi connectivity index (χ2n) is 9.23. The number of nitrogens with zero attached hydrogens (tertiary/aromatic N) is 1. The SMILES string of the molecule is C1=NC(OCCCOCc2ccccc2)=CCC1=C1CCNCC1OCc1ccc2ccccc2c1. The van der Waals surface area contributed by atoms with Gasteiger partial charge in [-0.3, -0.25) is 0 Å². The van der Waals surface area contributed by atoms with Crippen LogP contribution < -0.4 is 5.32 Å². The third-order valence-corrected chi connectivity index (χ3v) is 6.61. The van der Waals surface area contributed by atoms with Gasteiger partial charge in [0.2, 0.25) is 5.88 Å². The van der Waals surface area contributed by atoms with Crippen molar-refractivity contribution in [2.75, 3.05) is 26.3 Å². The monoisotopic (exact) mass is 482 g/mol. The maximum absolute atomic E-state index is 6.40. The third kappa shape index (κ3) is 6.70. The van der Waals surface area contributed by atoms with Crippen LogP contribution in [-0.2, 0) is 27.4 Å². The molecule has 2 heterocycles. The van der Waals surface area contributed by atoms with Crippen molar-refractivity contribution >= 4 is 17.0 Å². The molecule has 5 nitrogen and oxygen atoms in total. The van der Waals surface area contributed by atoms with Crippen molar-refractivity contribution in [1.29, 1.82) is 0 Å². The molecule has 3 aromatic rings. The van der Waals surface area contributed by atoms with Gasteiger partial charge in [-0.05, 0) is 64.6 Å². The Bertz CT molecular complexity index is 1230. The van der Waals surface area contributed by atoms with Crippen LogP contribution in [0.3, 0.4) is 0 Å². The topological polar surface area (TPSA) is 52.1 Å². The number of allylic oxidation sites excluding steroid dienone is 2. The molecule has 1 N–H and O–H groups in total. The van der Waals surface area contributed by atoms with E-state index in [2.05, 4.69) is 71.0 Å². The molecule has 0 amide bonds. The minimum Gasteiger partial charge on any atom is -0.478 e. The van der Waals surface area contributed by atoms with Crippen LogP contribution in [0.2, 0.25) is 0 Å². The average molecular weight is 483 g/mol. The summed E-state index contributed by atoms with van der Waals surface area (Å²) in [6, 6.07) is 25.2. The number of hydrogen-bond donors (Lipinski definition) is 1. The van der Waals surface area contributed by atoms with Crippen LogP contribution in [0.25, 0.3) is 10.8 Å². The fraction of sp³-hybridized carbons (Fsp3) is 0.323. The lowest BCUT2D eigenvalue weighted by molar-refractivity contribution is 0.0555. The quantitative estimate of drug-likeness (QED) is 0.363. The number of ether oxygens (including phenoxy) is 3. The van der Waals surface area contributed by atoms with Crippen LogP contribution in [0, 0.1) is 0 Å². The Morgan fingerprint density at radius 1 is 0.861 bits per heavy atom. The van der Waals surface area contributed by atoms with Crippen molar-refractivity contribution in [3.8, 4) is 0 Å². The van der Waals surface area contributed by atoms with E-state index in [0.29, 0.717) is 32.3 Å². The van der Waals surface area contributed by atoms with Gasteiger partial charge in [0.15, 0.2) is 0 Å².